The molecule has 38 heavy (non-hydrogen) atoms. The Morgan fingerprint density at radius 1 is 0.947 bits per heavy atom. The third-order valence-electron chi connectivity index (χ3n) is 6.48. The molecule has 1 fully saturated rings. The van der Waals surface area contributed by atoms with Crippen molar-refractivity contribution in [2.45, 2.75) is 13.3 Å². The summed E-state index contributed by atoms with van der Waals surface area (Å²) in [5.74, 6) is 0.548. The average Bonchev–Trinajstić information content (AvgIpc) is 3.37. The van der Waals surface area contributed by atoms with Crippen LogP contribution in [0.15, 0.2) is 79.1 Å². The number of carbonyl (C=O) groups excluding carboxylic acids is 1. The lowest BCUT2D eigenvalue weighted by Crippen LogP contribution is -2.36. The van der Waals surface area contributed by atoms with Crippen LogP contribution < -0.4 is 10.2 Å². The van der Waals surface area contributed by atoms with Gasteiger partial charge in [0.1, 0.15) is 0 Å². The maximum absolute atomic E-state index is 13.0. The third kappa shape index (κ3) is 5.09. The third-order valence-corrected chi connectivity index (χ3v) is 6.48. The van der Waals surface area contributed by atoms with Crippen molar-refractivity contribution in [3.05, 3.63) is 90.5 Å². The van der Waals surface area contributed by atoms with Crippen molar-refractivity contribution in [2.75, 3.05) is 36.5 Å². The number of hydrogen-bond acceptors (Lipinski definition) is 7. The molecule has 1 saturated heterocycles. The van der Waals surface area contributed by atoms with Crippen molar-refractivity contribution >= 4 is 28.3 Å². The van der Waals surface area contributed by atoms with Crippen LogP contribution >= 0.6 is 0 Å². The molecule has 1 aliphatic rings. The van der Waals surface area contributed by atoms with E-state index in [1.165, 1.54) is 0 Å². The van der Waals surface area contributed by atoms with Crippen LogP contribution in [0, 0.1) is 6.92 Å². The fourth-order valence-corrected chi connectivity index (χ4v) is 4.61. The summed E-state index contributed by atoms with van der Waals surface area (Å²) in [6, 6.07) is 21.5. The first-order valence-electron chi connectivity index (χ1n) is 12.6. The summed E-state index contributed by atoms with van der Waals surface area (Å²) in [6.45, 7) is 5.15. The molecule has 0 saturated carbocycles. The largest absolute Gasteiger partial charge is 0.378 e. The van der Waals surface area contributed by atoms with E-state index in [1.807, 2.05) is 73.7 Å². The van der Waals surface area contributed by atoms with E-state index in [0.29, 0.717) is 11.5 Å². The first kappa shape index (κ1) is 23.7. The Morgan fingerprint density at radius 3 is 2.53 bits per heavy atom. The smallest absolute Gasteiger partial charge is 0.230 e. The number of morpholine rings is 1. The average molecular weight is 506 g/mol. The number of anilines is 2. The van der Waals surface area contributed by atoms with Crippen LogP contribution in [0.3, 0.4) is 0 Å². The number of nitrogens with zero attached hydrogens (tertiary/aromatic N) is 6. The lowest BCUT2D eigenvalue weighted by atomic mass is 10.1. The van der Waals surface area contributed by atoms with Crippen molar-refractivity contribution in [3.63, 3.8) is 0 Å². The molecule has 0 aliphatic carbocycles. The standard InChI is InChI=1S/C29H27N7O2/c1-20-3-2-4-28(32-20)36-27(21-5-10-25-26(17-21)31-12-11-30-25)18-23(34-36)19-29(37)33-22-6-8-24(9-7-22)35-13-15-38-16-14-35/h2-12,17-18H,13-16,19H2,1H3,(H,33,37). The predicted molar refractivity (Wildman–Crippen MR) is 146 cm³/mol. The molecule has 0 atom stereocenters. The number of ether oxygens (including phenoxy) is 1. The van der Waals surface area contributed by atoms with Gasteiger partial charge in [0.15, 0.2) is 5.82 Å². The van der Waals surface area contributed by atoms with Gasteiger partial charge in [-0.1, -0.05) is 12.1 Å². The van der Waals surface area contributed by atoms with Crippen molar-refractivity contribution in [3.8, 4) is 17.1 Å². The van der Waals surface area contributed by atoms with E-state index >= 15 is 0 Å². The summed E-state index contributed by atoms with van der Waals surface area (Å²) in [7, 11) is 0. The minimum Gasteiger partial charge on any atom is -0.378 e. The number of aromatic nitrogens is 5. The van der Waals surface area contributed by atoms with Gasteiger partial charge in [0.2, 0.25) is 5.91 Å². The van der Waals surface area contributed by atoms with Crippen molar-refractivity contribution < 1.29 is 9.53 Å². The van der Waals surface area contributed by atoms with Gasteiger partial charge in [0, 0.05) is 48.1 Å². The van der Waals surface area contributed by atoms with Gasteiger partial charge in [0.05, 0.1) is 42.1 Å². The molecule has 2 aromatic carbocycles. The summed E-state index contributed by atoms with van der Waals surface area (Å²) in [4.78, 5) is 28.7. The number of hydrogen-bond donors (Lipinski definition) is 1. The number of rotatable bonds is 6. The zero-order valence-corrected chi connectivity index (χ0v) is 21.0. The fourth-order valence-electron chi connectivity index (χ4n) is 4.61. The molecule has 0 unspecified atom stereocenters. The second-order valence-electron chi connectivity index (χ2n) is 9.20. The number of carbonyl (C=O) groups is 1. The van der Waals surface area contributed by atoms with Crippen LogP contribution in [0.4, 0.5) is 11.4 Å². The van der Waals surface area contributed by atoms with Crippen molar-refractivity contribution in [1.29, 1.82) is 0 Å². The second kappa shape index (κ2) is 10.4. The van der Waals surface area contributed by atoms with Gasteiger partial charge in [-0.15, -0.1) is 0 Å². The van der Waals surface area contributed by atoms with Crippen molar-refractivity contribution in [1.82, 2.24) is 24.7 Å². The minimum atomic E-state index is -0.137. The minimum absolute atomic E-state index is 0.129. The van der Waals surface area contributed by atoms with E-state index in [-0.39, 0.29) is 12.3 Å². The molecule has 3 aromatic heterocycles. The van der Waals surface area contributed by atoms with E-state index < -0.39 is 0 Å². The molecule has 0 radical (unpaired) electrons. The highest BCUT2D eigenvalue weighted by Gasteiger charge is 2.17. The van der Waals surface area contributed by atoms with Gasteiger partial charge >= 0.3 is 0 Å². The molecule has 1 N–H and O–H groups in total. The number of fused-ring (bicyclic) bond motifs is 1. The molecule has 0 bridgehead atoms. The first-order chi connectivity index (χ1) is 18.6. The SMILES string of the molecule is Cc1cccc(-n2nc(CC(=O)Nc3ccc(N4CCOCC4)cc3)cc2-c2ccc3nccnc3c2)n1. The molecule has 1 aliphatic heterocycles. The number of pyridine rings is 1. The summed E-state index contributed by atoms with van der Waals surface area (Å²) < 4.78 is 7.21. The molecule has 190 valence electrons. The number of amides is 1. The van der Waals surface area contributed by atoms with E-state index in [4.69, 9.17) is 9.84 Å². The van der Waals surface area contributed by atoms with Gasteiger partial charge in [-0.25, -0.2) is 9.67 Å². The molecule has 5 aromatic rings. The molecule has 1 amide bonds. The molecule has 0 spiro atoms. The fraction of sp³-hybridized carbons (Fsp3) is 0.207. The van der Waals surface area contributed by atoms with E-state index in [2.05, 4.69) is 25.2 Å². The van der Waals surface area contributed by atoms with Crippen LogP contribution in [0.25, 0.3) is 28.1 Å². The van der Waals surface area contributed by atoms with Crippen LogP contribution in [0.5, 0.6) is 0 Å². The zero-order valence-electron chi connectivity index (χ0n) is 21.0. The number of aryl methyl sites for hydroxylation is 1. The Balaban J connectivity index is 1.25. The molecule has 4 heterocycles. The summed E-state index contributed by atoms with van der Waals surface area (Å²) in [5, 5.41) is 7.77. The maximum Gasteiger partial charge on any atom is 0.230 e. The Labute approximate surface area is 220 Å². The lowest BCUT2D eigenvalue weighted by Gasteiger charge is -2.28. The van der Waals surface area contributed by atoms with E-state index in [1.54, 1.807) is 17.1 Å². The molecule has 6 rings (SSSR count). The molecule has 9 nitrogen and oxygen atoms in total. The van der Waals surface area contributed by atoms with Crippen LogP contribution in [-0.2, 0) is 16.0 Å². The van der Waals surface area contributed by atoms with Gasteiger partial charge in [-0.2, -0.15) is 5.10 Å². The maximum atomic E-state index is 13.0. The van der Waals surface area contributed by atoms with Crippen LogP contribution in [0.2, 0.25) is 0 Å². The predicted octanol–water partition coefficient (Wildman–Crippen LogP) is 4.20. The zero-order chi connectivity index (χ0) is 25.9. The summed E-state index contributed by atoms with van der Waals surface area (Å²) in [5.41, 5.74) is 6.75. The van der Waals surface area contributed by atoms with E-state index in [0.717, 1.165) is 65.7 Å². The highest BCUT2D eigenvalue weighted by molar-refractivity contribution is 5.92. The van der Waals surface area contributed by atoms with Gasteiger partial charge in [0.25, 0.3) is 0 Å². The normalized spacial score (nSPS) is 13.6. The van der Waals surface area contributed by atoms with E-state index in [9.17, 15) is 4.79 Å². The lowest BCUT2D eigenvalue weighted by molar-refractivity contribution is -0.115. The number of nitrogens with one attached hydrogen (secondary N) is 1. The second-order valence-corrected chi connectivity index (χ2v) is 9.20. The summed E-state index contributed by atoms with van der Waals surface area (Å²) in [6.07, 6.45) is 3.48. The highest BCUT2D eigenvalue weighted by atomic mass is 16.5. The molecule has 9 heteroatoms. The van der Waals surface area contributed by atoms with Crippen LogP contribution in [0.1, 0.15) is 11.4 Å². The monoisotopic (exact) mass is 505 g/mol. The Kier molecular flexibility index (Phi) is 6.49. The summed E-state index contributed by atoms with van der Waals surface area (Å²) >= 11 is 0. The highest BCUT2D eigenvalue weighted by Crippen LogP contribution is 2.26. The van der Waals surface area contributed by atoms with Crippen molar-refractivity contribution in [2.24, 2.45) is 0 Å². The van der Waals surface area contributed by atoms with Crippen LogP contribution in [-0.4, -0.2) is 56.9 Å². The van der Waals surface area contributed by atoms with Gasteiger partial charge in [-0.3, -0.25) is 14.8 Å². The Bertz CT molecular complexity index is 1590. The first-order valence-corrected chi connectivity index (χ1v) is 12.6. The topological polar surface area (TPSA) is 98.1 Å². The molecular weight excluding hydrogens is 478 g/mol. The molecular formula is C29H27N7O2. The quantitative estimate of drug-likeness (QED) is 0.369. The number of benzene rings is 2. The van der Waals surface area contributed by atoms with Gasteiger partial charge < -0.3 is 15.0 Å². The Morgan fingerprint density at radius 2 is 1.74 bits per heavy atom. The Hall–Kier alpha value is -4.63. The van der Waals surface area contributed by atoms with Gasteiger partial charge in [-0.05, 0) is 61.5 Å².